The Morgan fingerprint density at radius 1 is 1.50 bits per heavy atom. The van der Waals surface area contributed by atoms with Gasteiger partial charge in [-0.2, -0.15) is 0 Å². The van der Waals surface area contributed by atoms with Gasteiger partial charge >= 0.3 is 0 Å². The molecule has 0 aliphatic heterocycles. The lowest BCUT2D eigenvalue weighted by atomic mass is 10.1. The number of hydrogen-bond donors (Lipinski definition) is 1. The van der Waals surface area contributed by atoms with Crippen LogP contribution in [0.15, 0.2) is 22.8 Å². The zero-order chi connectivity index (χ0) is 12.0. The fraction of sp³-hybridized carbons (Fsp3) is 0.667. The fourth-order valence-electron chi connectivity index (χ4n) is 1.87. The first-order chi connectivity index (χ1) is 7.70. The summed E-state index contributed by atoms with van der Waals surface area (Å²) in [7, 11) is 1.71. The predicted molar refractivity (Wildman–Crippen MR) is 64.2 cm³/mol. The van der Waals surface area contributed by atoms with Crippen molar-refractivity contribution in [2.75, 3.05) is 26.8 Å². The van der Waals surface area contributed by atoms with Crippen LogP contribution in [0.3, 0.4) is 0 Å². The average Bonchev–Trinajstić information content (AvgIpc) is 2.76. The number of rotatable bonds is 7. The molecule has 0 radical (unpaired) electrons. The van der Waals surface area contributed by atoms with E-state index in [4.69, 9.17) is 14.9 Å². The first-order valence-corrected chi connectivity index (χ1v) is 5.68. The molecule has 0 aliphatic rings. The molecule has 1 aromatic rings. The van der Waals surface area contributed by atoms with E-state index in [-0.39, 0.29) is 6.04 Å². The molecule has 0 bridgehead atoms. The third-order valence-electron chi connectivity index (χ3n) is 2.71. The Morgan fingerprint density at radius 2 is 2.25 bits per heavy atom. The van der Waals surface area contributed by atoms with E-state index in [1.165, 1.54) is 0 Å². The van der Waals surface area contributed by atoms with Crippen molar-refractivity contribution < 1.29 is 9.15 Å². The molecule has 0 fully saturated rings. The molecule has 1 atom stereocenters. The number of furan rings is 1. The minimum atomic E-state index is 0.130. The Labute approximate surface area is 97.4 Å². The Hall–Kier alpha value is -0.840. The van der Waals surface area contributed by atoms with E-state index in [9.17, 15) is 0 Å². The van der Waals surface area contributed by atoms with E-state index >= 15 is 0 Å². The molecule has 0 amide bonds. The lowest BCUT2D eigenvalue weighted by Gasteiger charge is -2.32. The van der Waals surface area contributed by atoms with Crippen LogP contribution in [0, 0.1) is 0 Å². The highest BCUT2D eigenvalue weighted by Crippen LogP contribution is 2.22. The van der Waals surface area contributed by atoms with Gasteiger partial charge < -0.3 is 14.9 Å². The fourth-order valence-corrected chi connectivity index (χ4v) is 1.87. The van der Waals surface area contributed by atoms with Gasteiger partial charge in [-0.1, -0.05) is 0 Å². The Morgan fingerprint density at radius 3 is 2.69 bits per heavy atom. The van der Waals surface area contributed by atoms with Crippen molar-refractivity contribution in [2.45, 2.75) is 25.9 Å². The lowest BCUT2D eigenvalue weighted by molar-refractivity contribution is 0.0891. The van der Waals surface area contributed by atoms with Gasteiger partial charge in [0.1, 0.15) is 5.76 Å². The second-order valence-electron chi connectivity index (χ2n) is 4.09. The molecular formula is C12H22N2O2. The molecular weight excluding hydrogens is 204 g/mol. The predicted octanol–water partition coefficient (Wildman–Crippen LogP) is 1.64. The van der Waals surface area contributed by atoms with Crippen LogP contribution in [0.4, 0.5) is 0 Å². The van der Waals surface area contributed by atoms with Gasteiger partial charge in [0.2, 0.25) is 0 Å². The SMILES string of the molecule is COCCN(C(C)C)C(CN)c1ccco1. The molecule has 4 nitrogen and oxygen atoms in total. The van der Waals surface area contributed by atoms with Crippen molar-refractivity contribution in [2.24, 2.45) is 5.73 Å². The van der Waals surface area contributed by atoms with Crippen molar-refractivity contribution in [3.63, 3.8) is 0 Å². The summed E-state index contributed by atoms with van der Waals surface area (Å²) in [5.74, 6) is 0.923. The molecule has 2 N–H and O–H groups in total. The van der Waals surface area contributed by atoms with Crippen LogP contribution < -0.4 is 5.73 Å². The molecule has 0 saturated heterocycles. The van der Waals surface area contributed by atoms with E-state index in [2.05, 4.69) is 18.7 Å². The third kappa shape index (κ3) is 3.33. The zero-order valence-corrected chi connectivity index (χ0v) is 10.3. The van der Waals surface area contributed by atoms with Crippen molar-refractivity contribution in [3.05, 3.63) is 24.2 Å². The summed E-state index contributed by atoms with van der Waals surface area (Å²) in [6.45, 7) is 6.42. The highest BCUT2D eigenvalue weighted by Gasteiger charge is 2.23. The number of nitrogens with zero attached hydrogens (tertiary/aromatic N) is 1. The first-order valence-electron chi connectivity index (χ1n) is 5.68. The van der Waals surface area contributed by atoms with Gasteiger partial charge in [0.25, 0.3) is 0 Å². The second-order valence-corrected chi connectivity index (χ2v) is 4.09. The summed E-state index contributed by atoms with van der Waals surface area (Å²) >= 11 is 0. The topological polar surface area (TPSA) is 51.6 Å². The summed E-state index contributed by atoms with van der Waals surface area (Å²) in [6.07, 6.45) is 1.69. The van der Waals surface area contributed by atoms with Crippen molar-refractivity contribution >= 4 is 0 Å². The molecule has 0 spiro atoms. The molecule has 1 aromatic heterocycles. The quantitative estimate of drug-likeness (QED) is 0.768. The van der Waals surface area contributed by atoms with Gasteiger partial charge in [-0.25, -0.2) is 0 Å². The largest absolute Gasteiger partial charge is 0.468 e. The van der Waals surface area contributed by atoms with Crippen molar-refractivity contribution in [1.82, 2.24) is 4.90 Å². The smallest absolute Gasteiger partial charge is 0.122 e. The van der Waals surface area contributed by atoms with Crippen LogP contribution in [0.25, 0.3) is 0 Å². The highest BCUT2D eigenvalue weighted by atomic mass is 16.5. The summed E-state index contributed by atoms with van der Waals surface area (Å²) in [4.78, 5) is 2.29. The molecule has 4 heteroatoms. The second kappa shape index (κ2) is 6.68. The first kappa shape index (κ1) is 13.2. The van der Waals surface area contributed by atoms with Gasteiger partial charge in [0.05, 0.1) is 18.9 Å². The summed E-state index contributed by atoms with van der Waals surface area (Å²) < 4.78 is 10.6. The van der Waals surface area contributed by atoms with E-state index in [1.807, 2.05) is 12.1 Å². The highest BCUT2D eigenvalue weighted by molar-refractivity contribution is 5.05. The normalized spacial score (nSPS) is 13.6. The standard InChI is InChI=1S/C12H22N2O2/c1-10(2)14(6-8-15-3)11(9-13)12-5-4-7-16-12/h4-5,7,10-11H,6,8-9,13H2,1-3H3. The zero-order valence-electron chi connectivity index (χ0n) is 10.3. The Bertz CT molecular complexity index is 273. The maximum Gasteiger partial charge on any atom is 0.122 e. The van der Waals surface area contributed by atoms with Gasteiger partial charge in [-0.3, -0.25) is 4.90 Å². The van der Waals surface area contributed by atoms with Crippen LogP contribution in [0.1, 0.15) is 25.6 Å². The number of methoxy groups -OCH3 is 1. The third-order valence-corrected chi connectivity index (χ3v) is 2.71. The van der Waals surface area contributed by atoms with Crippen molar-refractivity contribution in [1.29, 1.82) is 0 Å². The summed E-state index contributed by atoms with van der Waals surface area (Å²) in [5, 5.41) is 0. The maximum absolute atomic E-state index is 5.83. The van der Waals surface area contributed by atoms with Crippen LogP contribution in [0.2, 0.25) is 0 Å². The van der Waals surface area contributed by atoms with Crippen molar-refractivity contribution in [3.8, 4) is 0 Å². The van der Waals surface area contributed by atoms with E-state index in [0.29, 0.717) is 19.2 Å². The Balaban J connectivity index is 2.73. The minimum Gasteiger partial charge on any atom is -0.468 e. The van der Waals surface area contributed by atoms with Gasteiger partial charge in [0.15, 0.2) is 0 Å². The van der Waals surface area contributed by atoms with Crippen LogP contribution in [0.5, 0.6) is 0 Å². The van der Waals surface area contributed by atoms with E-state index in [1.54, 1.807) is 13.4 Å². The molecule has 92 valence electrons. The molecule has 1 unspecified atom stereocenters. The van der Waals surface area contributed by atoms with Gasteiger partial charge in [-0.05, 0) is 26.0 Å². The molecule has 1 heterocycles. The number of ether oxygens (including phenoxy) is 1. The average molecular weight is 226 g/mol. The molecule has 1 rings (SSSR count). The van der Waals surface area contributed by atoms with E-state index < -0.39 is 0 Å². The Kier molecular flexibility index (Phi) is 5.52. The maximum atomic E-state index is 5.83. The molecule has 0 saturated carbocycles. The molecule has 0 aromatic carbocycles. The molecule has 16 heavy (non-hydrogen) atoms. The van der Waals surface area contributed by atoms with Crippen LogP contribution in [-0.4, -0.2) is 37.7 Å². The number of hydrogen-bond acceptors (Lipinski definition) is 4. The molecule has 0 aliphatic carbocycles. The minimum absolute atomic E-state index is 0.130. The van der Waals surface area contributed by atoms with Crippen LogP contribution >= 0.6 is 0 Å². The summed E-state index contributed by atoms with van der Waals surface area (Å²) in [5.41, 5.74) is 5.83. The number of nitrogens with two attached hydrogens (primary N) is 1. The van der Waals surface area contributed by atoms with E-state index in [0.717, 1.165) is 12.3 Å². The lowest BCUT2D eigenvalue weighted by Crippen LogP contribution is -2.40. The summed E-state index contributed by atoms with van der Waals surface area (Å²) in [6, 6.07) is 4.41. The van der Waals surface area contributed by atoms with Gasteiger partial charge in [0, 0.05) is 26.2 Å². The monoisotopic (exact) mass is 226 g/mol. The van der Waals surface area contributed by atoms with Gasteiger partial charge in [-0.15, -0.1) is 0 Å². The van der Waals surface area contributed by atoms with Crippen LogP contribution in [-0.2, 0) is 4.74 Å².